The van der Waals surface area contributed by atoms with Crippen LogP contribution in [-0.2, 0) is 13.0 Å². The summed E-state index contributed by atoms with van der Waals surface area (Å²) in [5, 5.41) is 3.14. The minimum absolute atomic E-state index is 0.533. The molecule has 16 heavy (non-hydrogen) atoms. The summed E-state index contributed by atoms with van der Waals surface area (Å²) in [6.07, 6.45) is 5.91. The summed E-state index contributed by atoms with van der Waals surface area (Å²) in [6.45, 7) is 2.56. The lowest BCUT2D eigenvalue weighted by Gasteiger charge is -2.03. The topological polar surface area (TPSA) is 77.0 Å². The molecule has 5 nitrogen and oxygen atoms in total. The van der Waals surface area contributed by atoms with Crippen LogP contribution >= 0.6 is 0 Å². The van der Waals surface area contributed by atoms with Crippen LogP contribution in [-0.4, -0.2) is 9.97 Å². The average molecular weight is 218 g/mol. The minimum atomic E-state index is 0.533. The summed E-state index contributed by atoms with van der Waals surface area (Å²) >= 11 is 0. The van der Waals surface area contributed by atoms with Crippen molar-refractivity contribution >= 4 is 11.4 Å². The highest BCUT2D eigenvalue weighted by Gasteiger charge is 2.02. The van der Waals surface area contributed by atoms with Crippen molar-refractivity contribution < 1.29 is 4.42 Å². The third kappa shape index (κ3) is 2.50. The number of pyridine rings is 1. The van der Waals surface area contributed by atoms with Gasteiger partial charge in [-0.25, -0.2) is 4.98 Å². The van der Waals surface area contributed by atoms with Crippen LogP contribution in [0, 0.1) is 0 Å². The molecule has 0 aliphatic rings. The van der Waals surface area contributed by atoms with Crippen LogP contribution in [0.1, 0.15) is 18.6 Å². The normalized spacial score (nSPS) is 10.3. The molecule has 2 rings (SSSR count). The molecule has 84 valence electrons. The first-order chi connectivity index (χ1) is 7.78. The van der Waals surface area contributed by atoms with Gasteiger partial charge in [-0.1, -0.05) is 6.92 Å². The van der Waals surface area contributed by atoms with Crippen LogP contribution in [0.4, 0.5) is 11.4 Å². The van der Waals surface area contributed by atoms with Gasteiger partial charge in [-0.3, -0.25) is 4.98 Å². The zero-order valence-electron chi connectivity index (χ0n) is 9.10. The highest BCUT2D eigenvalue weighted by Crippen LogP contribution is 2.11. The third-order valence-electron chi connectivity index (χ3n) is 2.15. The largest absolute Gasteiger partial charge is 0.444 e. The van der Waals surface area contributed by atoms with Gasteiger partial charge < -0.3 is 15.5 Å². The molecule has 2 heterocycles. The number of aromatic nitrogens is 2. The van der Waals surface area contributed by atoms with Crippen LogP contribution in [0.3, 0.4) is 0 Å². The summed E-state index contributed by atoms with van der Waals surface area (Å²) in [4.78, 5) is 8.12. The number of hydrogen-bond acceptors (Lipinski definition) is 5. The van der Waals surface area contributed by atoms with Gasteiger partial charge in [-0.2, -0.15) is 0 Å². The van der Waals surface area contributed by atoms with Gasteiger partial charge in [0.1, 0.15) is 5.76 Å². The molecule has 2 aromatic heterocycles. The summed E-state index contributed by atoms with van der Waals surface area (Å²) < 4.78 is 5.46. The van der Waals surface area contributed by atoms with E-state index in [-0.39, 0.29) is 0 Å². The summed E-state index contributed by atoms with van der Waals surface area (Å²) in [7, 11) is 0. The first kappa shape index (κ1) is 10.5. The van der Waals surface area contributed by atoms with Gasteiger partial charge in [0.15, 0.2) is 0 Å². The molecule has 2 aromatic rings. The summed E-state index contributed by atoms with van der Waals surface area (Å²) in [6, 6.07) is 1.82. The van der Waals surface area contributed by atoms with E-state index >= 15 is 0 Å². The second kappa shape index (κ2) is 4.65. The van der Waals surface area contributed by atoms with E-state index in [2.05, 4.69) is 15.3 Å². The maximum atomic E-state index is 5.61. The Morgan fingerprint density at radius 1 is 1.38 bits per heavy atom. The number of nitrogen functional groups attached to an aromatic ring is 1. The Bertz CT molecular complexity index is 467. The Kier molecular flexibility index (Phi) is 3.05. The number of rotatable bonds is 4. The van der Waals surface area contributed by atoms with E-state index in [1.165, 1.54) is 0 Å². The Morgan fingerprint density at radius 3 is 2.94 bits per heavy atom. The molecule has 0 unspecified atom stereocenters. The van der Waals surface area contributed by atoms with Crippen molar-refractivity contribution in [1.82, 2.24) is 9.97 Å². The van der Waals surface area contributed by atoms with Crippen molar-refractivity contribution in [3.8, 4) is 0 Å². The first-order valence-electron chi connectivity index (χ1n) is 5.16. The molecule has 0 saturated heterocycles. The maximum Gasteiger partial charge on any atom is 0.213 e. The minimum Gasteiger partial charge on any atom is -0.444 e. The predicted octanol–water partition coefficient (Wildman–Crippen LogP) is 1.83. The number of nitrogens with zero attached hydrogens (tertiary/aromatic N) is 2. The number of anilines is 2. The van der Waals surface area contributed by atoms with Crippen LogP contribution in [0.15, 0.2) is 29.1 Å². The molecule has 0 bridgehead atoms. The zero-order valence-corrected chi connectivity index (χ0v) is 9.10. The summed E-state index contributed by atoms with van der Waals surface area (Å²) in [5.41, 5.74) is 7.10. The van der Waals surface area contributed by atoms with Gasteiger partial charge in [0.25, 0.3) is 0 Å². The average Bonchev–Trinajstić information content (AvgIpc) is 2.74. The van der Waals surface area contributed by atoms with Crippen molar-refractivity contribution in [3.05, 3.63) is 36.3 Å². The molecule has 0 fully saturated rings. The fourth-order valence-electron chi connectivity index (χ4n) is 1.33. The van der Waals surface area contributed by atoms with Crippen LogP contribution < -0.4 is 11.1 Å². The van der Waals surface area contributed by atoms with Gasteiger partial charge >= 0.3 is 0 Å². The van der Waals surface area contributed by atoms with Crippen LogP contribution in [0.25, 0.3) is 0 Å². The first-order valence-corrected chi connectivity index (χ1v) is 5.16. The fourth-order valence-corrected chi connectivity index (χ4v) is 1.33. The molecule has 0 atom stereocenters. The van der Waals surface area contributed by atoms with Gasteiger partial charge in [0.2, 0.25) is 5.89 Å². The highest BCUT2D eigenvalue weighted by atomic mass is 16.4. The molecule has 3 N–H and O–H groups in total. The van der Waals surface area contributed by atoms with E-state index in [1.807, 2.05) is 13.0 Å². The van der Waals surface area contributed by atoms with Crippen molar-refractivity contribution in [3.63, 3.8) is 0 Å². The fraction of sp³-hybridized carbons (Fsp3) is 0.273. The summed E-state index contributed by atoms with van der Waals surface area (Å²) in [5.74, 6) is 1.56. The van der Waals surface area contributed by atoms with Gasteiger partial charge in [0.05, 0.1) is 30.3 Å². The SMILES string of the molecule is CCc1cnc(CNc2cncc(N)c2)o1. The second-order valence-corrected chi connectivity index (χ2v) is 3.43. The lowest BCUT2D eigenvalue weighted by Crippen LogP contribution is -2.00. The molecule has 0 radical (unpaired) electrons. The lowest BCUT2D eigenvalue weighted by atomic mass is 10.4. The molecular weight excluding hydrogens is 204 g/mol. The molecule has 0 spiro atoms. The van der Waals surface area contributed by atoms with E-state index in [0.29, 0.717) is 18.1 Å². The monoisotopic (exact) mass is 218 g/mol. The van der Waals surface area contributed by atoms with Crippen LogP contribution in [0.2, 0.25) is 0 Å². The number of nitrogens with two attached hydrogens (primary N) is 1. The predicted molar refractivity (Wildman–Crippen MR) is 61.9 cm³/mol. The number of nitrogens with one attached hydrogen (secondary N) is 1. The molecule has 0 amide bonds. The van der Waals surface area contributed by atoms with Crippen molar-refractivity contribution in [2.45, 2.75) is 19.9 Å². The van der Waals surface area contributed by atoms with E-state index in [0.717, 1.165) is 17.9 Å². The number of oxazole rings is 1. The molecule has 0 aliphatic carbocycles. The van der Waals surface area contributed by atoms with Crippen molar-refractivity contribution in [2.75, 3.05) is 11.1 Å². The van der Waals surface area contributed by atoms with Gasteiger partial charge in [-0.05, 0) is 6.07 Å². The van der Waals surface area contributed by atoms with Gasteiger partial charge in [0, 0.05) is 12.6 Å². The third-order valence-corrected chi connectivity index (χ3v) is 2.15. The smallest absolute Gasteiger partial charge is 0.213 e. The van der Waals surface area contributed by atoms with E-state index in [9.17, 15) is 0 Å². The molecular formula is C11H14N4O. The van der Waals surface area contributed by atoms with E-state index in [1.54, 1.807) is 18.6 Å². The zero-order chi connectivity index (χ0) is 11.4. The molecule has 5 heteroatoms. The van der Waals surface area contributed by atoms with Crippen molar-refractivity contribution in [2.24, 2.45) is 0 Å². The quantitative estimate of drug-likeness (QED) is 0.818. The standard InChI is InChI=1S/C11H14N4O/c1-2-10-6-15-11(16-10)7-14-9-3-8(12)4-13-5-9/h3-6,14H,2,7,12H2,1H3. The molecule has 0 aliphatic heterocycles. The second-order valence-electron chi connectivity index (χ2n) is 3.43. The van der Waals surface area contributed by atoms with E-state index in [4.69, 9.17) is 10.2 Å². The maximum absolute atomic E-state index is 5.61. The number of hydrogen-bond donors (Lipinski definition) is 2. The Labute approximate surface area is 93.7 Å². The highest BCUT2D eigenvalue weighted by molar-refractivity contribution is 5.51. The Morgan fingerprint density at radius 2 is 2.25 bits per heavy atom. The number of aryl methyl sites for hydroxylation is 1. The van der Waals surface area contributed by atoms with Crippen molar-refractivity contribution in [1.29, 1.82) is 0 Å². The van der Waals surface area contributed by atoms with E-state index < -0.39 is 0 Å². The van der Waals surface area contributed by atoms with Gasteiger partial charge in [-0.15, -0.1) is 0 Å². The molecule has 0 aromatic carbocycles. The van der Waals surface area contributed by atoms with Crippen LogP contribution in [0.5, 0.6) is 0 Å². The Hall–Kier alpha value is -2.04. The Balaban J connectivity index is 1.96. The lowest BCUT2D eigenvalue weighted by molar-refractivity contribution is 0.466. The molecule has 0 saturated carbocycles.